The van der Waals surface area contributed by atoms with Gasteiger partial charge in [0.15, 0.2) is 0 Å². The number of hydrogen-bond acceptors (Lipinski definition) is 4. The number of benzene rings is 2. The van der Waals surface area contributed by atoms with Crippen LogP contribution in [0.3, 0.4) is 0 Å². The number of likely N-dealkylation sites (tertiary alicyclic amines) is 2. The Balaban J connectivity index is 1.29. The molecule has 2 saturated heterocycles. The van der Waals surface area contributed by atoms with Gasteiger partial charge >= 0.3 is 6.09 Å². The largest absolute Gasteiger partial charge is 0.465 e. The standard InChI is InChI=1S/C28H35Br2FN4O3/c1-33(27(36)22-12-23(29)14-24(30)13-22)16-21(20-2-4-25(31)5-3-20)8-9-34-17-26(18-34)35-10-6-19(7-11-35)15-32-28(37)38/h2-5,12-14,19,21,26,32H,6-11,15-18H2,1H3,(H,37,38)/t21-/m1/s1. The molecule has 0 radical (unpaired) electrons. The van der Waals surface area contributed by atoms with Crippen molar-refractivity contribution in [2.24, 2.45) is 5.92 Å². The summed E-state index contributed by atoms with van der Waals surface area (Å²) in [6.07, 6.45) is 1.98. The SMILES string of the molecule is CN(C[C@@H](CCN1CC(N2CCC(CNC(=O)O)CC2)C1)c1ccc(F)cc1)C(=O)c1cc(Br)cc(Br)c1. The van der Waals surface area contributed by atoms with Crippen molar-refractivity contribution in [2.45, 2.75) is 31.2 Å². The normalized spacial score (nSPS) is 18.1. The second-order valence-corrected chi connectivity index (χ2v) is 12.3. The van der Waals surface area contributed by atoms with Gasteiger partial charge in [-0.25, -0.2) is 9.18 Å². The number of likely N-dealkylation sites (N-methyl/N-ethyl adjacent to an activating group) is 1. The Kier molecular flexibility index (Phi) is 10.2. The van der Waals surface area contributed by atoms with Crippen LogP contribution in [0.15, 0.2) is 51.4 Å². The fraction of sp³-hybridized carbons (Fsp3) is 0.500. The number of nitrogens with one attached hydrogen (secondary N) is 1. The van der Waals surface area contributed by atoms with Crippen molar-refractivity contribution in [3.8, 4) is 0 Å². The smallest absolute Gasteiger partial charge is 0.404 e. The summed E-state index contributed by atoms with van der Waals surface area (Å²) in [7, 11) is 1.82. The lowest BCUT2D eigenvalue weighted by atomic mass is 9.92. The molecule has 10 heteroatoms. The van der Waals surface area contributed by atoms with Crippen molar-refractivity contribution in [2.75, 3.05) is 52.9 Å². The summed E-state index contributed by atoms with van der Waals surface area (Å²) >= 11 is 6.92. The summed E-state index contributed by atoms with van der Waals surface area (Å²) in [5, 5.41) is 11.3. The molecular weight excluding hydrogens is 619 g/mol. The summed E-state index contributed by atoms with van der Waals surface area (Å²) in [6.45, 7) is 6.08. The van der Waals surface area contributed by atoms with E-state index in [9.17, 15) is 14.0 Å². The molecule has 0 aromatic heterocycles. The average Bonchev–Trinajstić information content (AvgIpc) is 2.85. The van der Waals surface area contributed by atoms with E-state index in [0.29, 0.717) is 30.6 Å². The molecule has 0 saturated carbocycles. The van der Waals surface area contributed by atoms with Crippen LogP contribution < -0.4 is 5.32 Å². The van der Waals surface area contributed by atoms with Gasteiger partial charge in [-0.2, -0.15) is 0 Å². The highest BCUT2D eigenvalue weighted by Crippen LogP contribution is 2.27. The molecule has 0 unspecified atom stereocenters. The number of amides is 2. The van der Waals surface area contributed by atoms with Crippen LogP contribution in [-0.4, -0.2) is 90.7 Å². The molecule has 2 amide bonds. The number of carboxylic acid groups (broad SMARTS) is 1. The molecule has 0 spiro atoms. The summed E-state index contributed by atoms with van der Waals surface area (Å²) in [4.78, 5) is 30.6. The molecule has 2 aromatic rings. The maximum Gasteiger partial charge on any atom is 0.404 e. The average molecular weight is 654 g/mol. The highest BCUT2D eigenvalue weighted by atomic mass is 79.9. The van der Waals surface area contributed by atoms with Crippen molar-refractivity contribution in [1.29, 1.82) is 0 Å². The third kappa shape index (κ3) is 8.00. The number of carbonyl (C=O) groups is 2. The summed E-state index contributed by atoms with van der Waals surface area (Å²) in [5.41, 5.74) is 1.65. The lowest BCUT2D eigenvalue weighted by Gasteiger charge is -2.48. The molecule has 0 aliphatic carbocycles. The molecule has 4 rings (SSSR count). The van der Waals surface area contributed by atoms with Gasteiger partial charge in [0.25, 0.3) is 5.91 Å². The first kappa shape index (κ1) is 29.0. The second-order valence-electron chi connectivity index (χ2n) is 10.5. The Morgan fingerprint density at radius 2 is 1.74 bits per heavy atom. The summed E-state index contributed by atoms with van der Waals surface area (Å²) in [5.74, 6) is 0.207. The molecule has 206 valence electrons. The third-order valence-electron chi connectivity index (χ3n) is 7.73. The first-order valence-corrected chi connectivity index (χ1v) is 14.7. The predicted molar refractivity (Wildman–Crippen MR) is 153 cm³/mol. The van der Waals surface area contributed by atoms with Gasteiger partial charge in [-0.05, 0) is 80.7 Å². The maximum atomic E-state index is 13.6. The quantitative estimate of drug-likeness (QED) is 0.366. The Morgan fingerprint density at radius 3 is 2.34 bits per heavy atom. The van der Waals surface area contributed by atoms with Gasteiger partial charge in [-0.1, -0.05) is 44.0 Å². The fourth-order valence-electron chi connectivity index (χ4n) is 5.46. The van der Waals surface area contributed by atoms with E-state index in [4.69, 9.17) is 5.11 Å². The van der Waals surface area contributed by atoms with Gasteiger partial charge < -0.3 is 20.2 Å². The Hall–Kier alpha value is -2.01. The zero-order valence-corrected chi connectivity index (χ0v) is 24.8. The van der Waals surface area contributed by atoms with Crippen molar-refractivity contribution in [3.63, 3.8) is 0 Å². The van der Waals surface area contributed by atoms with Crippen molar-refractivity contribution in [3.05, 3.63) is 68.4 Å². The van der Waals surface area contributed by atoms with Crippen LogP contribution in [0, 0.1) is 11.7 Å². The molecule has 0 bridgehead atoms. The molecule has 2 N–H and O–H groups in total. The molecule has 2 fully saturated rings. The second kappa shape index (κ2) is 13.4. The van der Waals surface area contributed by atoms with Crippen LogP contribution in [0.4, 0.5) is 9.18 Å². The number of carbonyl (C=O) groups excluding carboxylic acids is 1. The third-order valence-corrected chi connectivity index (χ3v) is 8.65. The van der Waals surface area contributed by atoms with Gasteiger partial charge in [0.2, 0.25) is 0 Å². The zero-order chi connectivity index (χ0) is 27.2. The van der Waals surface area contributed by atoms with Gasteiger partial charge in [0.05, 0.1) is 0 Å². The van der Waals surface area contributed by atoms with Crippen molar-refractivity contribution >= 4 is 43.9 Å². The first-order valence-electron chi connectivity index (χ1n) is 13.1. The van der Waals surface area contributed by atoms with Gasteiger partial charge in [0.1, 0.15) is 5.82 Å². The molecular formula is C28H35Br2FN4O3. The summed E-state index contributed by atoms with van der Waals surface area (Å²) < 4.78 is 15.3. The van der Waals surface area contributed by atoms with E-state index in [1.165, 1.54) is 12.1 Å². The monoisotopic (exact) mass is 652 g/mol. The Morgan fingerprint density at radius 1 is 1.11 bits per heavy atom. The van der Waals surface area contributed by atoms with Crippen LogP contribution in [0.1, 0.15) is 41.1 Å². The van der Waals surface area contributed by atoms with E-state index >= 15 is 0 Å². The molecule has 38 heavy (non-hydrogen) atoms. The minimum absolute atomic E-state index is 0.0508. The minimum Gasteiger partial charge on any atom is -0.465 e. The van der Waals surface area contributed by atoms with Crippen LogP contribution in [0.2, 0.25) is 0 Å². The van der Waals surface area contributed by atoms with Crippen molar-refractivity contribution in [1.82, 2.24) is 20.0 Å². The molecule has 1 atom stereocenters. The molecule has 2 aliphatic rings. The molecule has 2 heterocycles. The lowest BCUT2D eigenvalue weighted by Crippen LogP contribution is -2.61. The highest BCUT2D eigenvalue weighted by molar-refractivity contribution is 9.11. The van der Waals surface area contributed by atoms with Gasteiger partial charge in [-0.3, -0.25) is 9.69 Å². The zero-order valence-electron chi connectivity index (χ0n) is 21.6. The van der Waals surface area contributed by atoms with E-state index in [-0.39, 0.29) is 17.6 Å². The molecule has 7 nitrogen and oxygen atoms in total. The molecule has 2 aromatic carbocycles. The van der Waals surface area contributed by atoms with Gasteiger partial charge in [0, 0.05) is 59.7 Å². The lowest BCUT2D eigenvalue weighted by molar-refractivity contribution is 0.0129. The maximum absolute atomic E-state index is 13.6. The minimum atomic E-state index is -0.947. The van der Waals surface area contributed by atoms with Crippen LogP contribution in [0.25, 0.3) is 0 Å². The van der Waals surface area contributed by atoms with E-state index in [2.05, 4.69) is 47.0 Å². The number of rotatable bonds is 10. The van der Waals surface area contributed by atoms with E-state index in [0.717, 1.165) is 66.5 Å². The first-order chi connectivity index (χ1) is 18.2. The molecule has 2 aliphatic heterocycles. The predicted octanol–water partition coefficient (Wildman–Crippen LogP) is 5.26. The topological polar surface area (TPSA) is 76.1 Å². The number of piperidine rings is 1. The highest BCUT2D eigenvalue weighted by Gasteiger charge is 2.34. The Labute approximate surface area is 240 Å². The van der Waals surface area contributed by atoms with E-state index < -0.39 is 6.09 Å². The van der Waals surface area contributed by atoms with E-state index in [1.54, 1.807) is 4.90 Å². The number of hydrogen-bond donors (Lipinski definition) is 2. The van der Waals surface area contributed by atoms with Gasteiger partial charge in [-0.15, -0.1) is 0 Å². The van der Waals surface area contributed by atoms with Crippen LogP contribution in [-0.2, 0) is 0 Å². The Bertz CT molecular complexity index is 1090. The fourth-order valence-corrected chi connectivity index (χ4v) is 6.75. The van der Waals surface area contributed by atoms with Crippen molar-refractivity contribution < 1.29 is 19.1 Å². The van der Waals surface area contributed by atoms with Crippen LogP contribution in [0.5, 0.6) is 0 Å². The number of halogens is 3. The van der Waals surface area contributed by atoms with Crippen LogP contribution >= 0.6 is 31.9 Å². The van der Waals surface area contributed by atoms with E-state index in [1.807, 2.05) is 37.4 Å². The summed E-state index contributed by atoms with van der Waals surface area (Å²) in [6, 6.07) is 12.7. The number of nitrogens with zero attached hydrogens (tertiary/aromatic N) is 3.